The molecular weight excluding hydrogens is 468 g/mol. The molecule has 5 nitrogen and oxygen atoms in total. The molecule has 1 saturated heterocycles. The van der Waals surface area contributed by atoms with E-state index < -0.39 is 18.6 Å². The Morgan fingerprint density at radius 3 is 2.09 bits per heavy atom. The van der Waals surface area contributed by atoms with Crippen molar-refractivity contribution in [1.82, 2.24) is 10.2 Å². The minimum Gasteiger partial charge on any atom is -0.493 e. The Bertz CT molecular complexity index is 820. The molecule has 0 unspecified atom stereocenters. The quantitative estimate of drug-likeness (QED) is 0.555. The molecule has 1 aliphatic rings. The van der Waals surface area contributed by atoms with Crippen LogP contribution in [0, 0.1) is 0 Å². The summed E-state index contributed by atoms with van der Waals surface area (Å²) in [6, 6.07) is 11.8. The molecule has 0 aliphatic carbocycles. The number of nitrogens with zero attached hydrogens (tertiary/aromatic N) is 1. The number of rotatable bonds is 8. The van der Waals surface area contributed by atoms with E-state index in [2.05, 4.69) is 5.32 Å². The summed E-state index contributed by atoms with van der Waals surface area (Å²) in [6.07, 6.45) is -5.29. The third kappa shape index (κ3) is 7.62. The summed E-state index contributed by atoms with van der Waals surface area (Å²) < 4.78 is 57.3. The number of ether oxygens (including phenoxy) is 3. The number of hydrogen-bond donors (Lipinski definition) is 1. The van der Waals surface area contributed by atoms with Crippen LogP contribution < -0.4 is 19.5 Å². The first-order valence-corrected chi connectivity index (χ1v) is 9.85. The minimum atomic E-state index is -4.32. The van der Waals surface area contributed by atoms with Crippen molar-refractivity contribution in [3.8, 4) is 17.2 Å². The Kier molecular flexibility index (Phi) is 11.4. The molecular formula is C22H29Cl2F3N2O3. The highest BCUT2D eigenvalue weighted by Gasteiger charge is 2.37. The smallest absolute Gasteiger partial charge is 0.390 e. The molecule has 0 spiro atoms. The van der Waals surface area contributed by atoms with Crippen molar-refractivity contribution in [2.75, 3.05) is 40.4 Å². The van der Waals surface area contributed by atoms with Crippen LogP contribution in [0.3, 0.4) is 0 Å². The molecule has 1 fully saturated rings. The van der Waals surface area contributed by atoms with Crippen LogP contribution in [-0.4, -0.2) is 51.5 Å². The molecule has 3 rings (SSSR count). The van der Waals surface area contributed by atoms with E-state index in [1.807, 2.05) is 35.2 Å². The topological polar surface area (TPSA) is 43.0 Å². The molecule has 0 radical (unpaired) electrons. The Morgan fingerprint density at radius 2 is 1.53 bits per heavy atom. The molecule has 1 heterocycles. The van der Waals surface area contributed by atoms with E-state index in [1.54, 1.807) is 12.1 Å². The highest BCUT2D eigenvalue weighted by Crippen LogP contribution is 2.43. The van der Waals surface area contributed by atoms with Crippen molar-refractivity contribution >= 4 is 24.8 Å². The van der Waals surface area contributed by atoms with Crippen molar-refractivity contribution in [1.29, 1.82) is 0 Å². The van der Waals surface area contributed by atoms with Crippen LogP contribution in [-0.2, 0) is 6.61 Å². The maximum absolute atomic E-state index is 13.5. The molecule has 180 valence electrons. The van der Waals surface area contributed by atoms with Crippen molar-refractivity contribution in [2.45, 2.75) is 25.2 Å². The predicted molar refractivity (Wildman–Crippen MR) is 123 cm³/mol. The first kappa shape index (κ1) is 28.2. The monoisotopic (exact) mass is 496 g/mol. The Labute approximate surface area is 199 Å². The highest BCUT2D eigenvalue weighted by atomic mass is 35.5. The van der Waals surface area contributed by atoms with Gasteiger partial charge >= 0.3 is 6.18 Å². The second-order valence-electron chi connectivity index (χ2n) is 7.14. The number of piperazine rings is 1. The van der Waals surface area contributed by atoms with Gasteiger partial charge in [0.2, 0.25) is 0 Å². The fourth-order valence-corrected chi connectivity index (χ4v) is 3.65. The maximum atomic E-state index is 13.5. The molecule has 2 aromatic carbocycles. The molecule has 32 heavy (non-hydrogen) atoms. The zero-order valence-corrected chi connectivity index (χ0v) is 19.6. The summed E-state index contributed by atoms with van der Waals surface area (Å²) in [5.41, 5.74) is 1.37. The molecule has 0 amide bonds. The van der Waals surface area contributed by atoms with E-state index in [-0.39, 0.29) is 31.4 Å². The van der Waals surface area contributed by atoms with Crippen LogP contribution in [0.4, 0.5) is 13.2 Å². The van der Waals surface area contributed by atoms with Gasteiger partial charge in [0.05, 0.1) is 20.6 Å². The molecule has 0 aromatic heterocycles. The van der Waals surface area contributed by atoms with Crippen LogP contribution in [0.5, 0.6) is 17.2 Å². The van der Waals surface area contributed by atoms with Gasteiger partial charge in [-0.3, -0.25) is 4.90 Å². The van der Waals surface area contributed by atoms with Gasteiger partial charge in [0, 0.05) is 43.9 Å². The van der Waals surface area contributed by atoms with Crippen LogP contribution in [0.15, 0.2) is 42.5 Å². The van der Waals surface area contributed by atoms with E-state index >= 15 is 0 Å². The number of alkyl halides is 3. The normalized spacial score (nSPS) is 15.2. The lowest BCUT2D eigenvalue weighted by Crippen LogP contribution is -2.46. The molecule has 10 heteroatoms. The van der Waals surface area contributed by atoms with E-state index in [1.165, 1.54) is 14.2 Å². The lowest BCUT2D eigenvalue weighted by atomic mass is 9.98. The fraction of sp³-hybridized carbons (Fsp3) is 0.455. The first-order chi connectivity index (χ1) is 14.4. The van der Waals surface area contributed by atoms with Crippen LogP contribution in [0.25, 0.3) is 0 Å². The standard InChI is InChI=1S/C22H27F3N2O3.2ClH/c1-28-20-12-17(18(14-22(23,24)25)27-10-8-26-9-11-27)19(13-21(20)29-2)30-15-16-6-4-3-5-7-16;;/h3-7,12-13,18,26H,8-11,14-15H2,1-2H3;2*1H/t18-;;/m1../s1. The number of nitrogens with one attached hydrogen (secondary N) is 1. The van der Waals surface area contributed by atoms with E-state index in [9.17, 15) is 13.2 Å². The largest absolute Gasteiger partial charge is 0.493 e. The van der Waals surface area contributed by atoms with Gasteiger partial charge in [-0.25, -0.2) is 0 Å². The van der Waals surface area contributed by atoms with Gasteiger partial charge < -0.3 is 19.5 Å². The van der Waals surface area contributed by atoms with Crippen LogP contribution in [0.1, 0.15) is 23.6 Å². The maximum Gasteiger partial charge on any atom is 0.390 e. The van der Waals surface area contributed by atoms with E-state index in [0.29, 0.717) is 49.0 Å². The number of benzene rings is 2. The molecule has 1 N–H and O–H groups in total. The van der Waals surface area contributed by atoms with Crippen LogP contribution >= 0.6 is 24.8 Å². The summed E-state index contributed by atoms with van der Waals surface area (Å²) in [7, 11) is 2.96. The molecule has 2 aromatic rings. The fourth-order valence-electron chi connectivity index (χ4n) is 3.65. The van der Waals surface area contributed by atoms with Crippen LogP contribution in [0.2, 0.25) is 0 Å². The summed E-state index contributed by atoms with van der Waals surface area (Å²) in [5, 5.41) is 3.19. The number of methoxy groups -OCH3 is 2. The van der Waals surface area contributed by atoms with E-state index in [0.717, 1.165) is 5.56 Å². The number of halogens is 5. The summed E-state index contributed by atoms with van der Waals surface area (Å²) in [4.78, 5) is 1.85. The molecule has 1 atom stereocenters. The zero-order valence-electron chi connectivity index (χ0n) is 18.0. The third-order valence-electron chi connectivity index (χ3n) is 5.13. The third-order valence-corrected chi connectivity index (χ3v) is 5.13. The van der Waals surface area contributed by atoms with Crippen molar-refractivity contribution in [3.63, 3.8) is 0 Å². The zero-order chi connectivity index (χ0) is 21.6. The predicted octanol–water partition coefficient (Wildman–Crippen LogP) is 5.03. The highest BCUT2D eigenvalue weighted by molar-refractivity contribution is 5.85. The Balaban J connectivity index is 0.00000256. The first-order valence-electron chi connectivity index (χ1n) is 9.85. The van der Waals surface area contributed by atoms with Gasteiger partial charge in [0.25, 0.3) is 0 Å². The average Bonchev–Trinajstić information content (AvgIpc) is 2.76. The summed E-state index contributed by atoms with van der Waals surface area (Å²) >= 11 is 0. The second kappa shape index (κ2) is 13.0. The number of hydrogen-bond acceptors (Lipinski definition) is 5. The van der Waals surface area contributed by atoms with Gasteiger partial charge in [-0.1, -0.05) is 30.3 Å². The van der Waals surface area contributed by atoms with E-state index in [4.69, 9.17) is 14.2 Å². The van der Waals surface area contributed by atoms with Gasteiger partial charge in [-0.2, -0.15) is 13.2 Å². The lowest BCUT2D eigenvalue weighted by Gasteiger charge is -2.36. The average molecular weight is 497 g/mol. The second-order valence-corrected chi connectivity index (χ2v) is 7.14. The summed E-state index contributed by atoms with van der Waals surface area (Å²) in [6.45, 7) is 2.56. The molecule has 0 bridgehead atoms. The van der Waals surface area contributed by atoms with Gasteiger partial charge in [0.1, 0.15) is 12.4 Å². The molecule has 1 aliphatic heterocycles. The Hall–Kier alpha value is -1.87. The minimum absolute atomic E-state index is 0. The van der Waals surface area contributed by atoms with Gasteiger partial charge in [0.15, 0.2) is 11.5 Å². The van der Waals surface area contributed by atoms with Crippen molar-refractivity contribution < 1.29 is 27.4 Å². The van der Waals surface area contributed by atoms with Gasteiger partial charge in [-0.05, 0) is 11.6 Å². The Morgan fingerprint density at radius 1 is 0.938 bits per heavy atom. The lowest BCUT2D eigenvalue weighted by molar-refractivity contribution is -0.148. The van der Waals surface area contributed by atoms with Gasteiger partial charge in [-0.15, -0.1) is 24.8 Å². The van der Waals surface area contributed by atoms with Crippen molar-refractivity contribution in [3.05, 3.63) is 53.6 Å². The SMILES string of the molecule is COc1cc(OCc2ccccc2)c([C@@H](CC(F)(F)F)N2CCNCC2)cc1OC.Cl.Cl. The van der Waals surface area contributed by atoms with Crippen molar-refractivity contribution in [2.24, 2.45) is 0 Å². The molecule has 0 saturated carbocycles. The summed E-state index contributed by atoms with van der Waals surface area (Å²) in [5.74, 6) is 1.15.